The van der Waals surface area contributed by atoms with Crippen molar-refractivity contribution in [2.24, 2.45) is 0 Å². The molecule has 5 nitrogen and oxygen atoms in total. The van der Waals surface area contributed by atoms with Gasteiger partial charge >= 0.3 is 0 Å². The second kappa shape index (κ2) is 6.58. The number of carbonyl (C=O) groups excluding carboxylic acids is 2. The highest BCUT2D eigenvalue weighted by molar-refractivity contribution is 6.06. The van der Waals surface area contributed by atoms with E-state index in [0.717, 1.165) is 22.2 Å². The number of rotatable bonds is 4. The summed E-state index contributed by atoms with van der Waals surface area (Å²) >= 11 is 0. The van der Waals surface area contributed by atoms with E-state index in [1.807, 2.05) is 48.7 Å². The molecule has 0 bridgehead atoms. The van der Waals surface area contributed by atoms with Crippen molar-refractivity contribution >= 4 is 28.4 Å². The van der Waals surface area contributed by atoms with Crippen LogP contribution in [0.15, 0.2) is 54.7 Å². The molecule has 0 saturated heterocycles. The van der Waals surface area contributed by atoms with Crippen LogP contribution in [0.1, 0.15) is 42.7 Å². The standard InChI is InChI=1S/C22H23N3O2/c1-14(2)24-12-11-18-19(9-6-10-20(18)24)23-21(26)15(3)25-13-16-7-4-5-8-17(16)22(25)27/h4-12,14-15H,13H2,1-3H3,(H,23,26). The monoisotopic (exact) mass is 361 g/mol. The number of aromatic nitrogens is 1. The van der Waals surface area contributed by atoms with Gasteiger partial charge in [0.15, 0.2) is 0 Å². The molecule has 2 heterocycles. The van der Waals surface area contributed by atoms with Crippen LogP contribution in [0.5, 0.6) is 0 Å². The average molecular weight is 361 g/mol. The summed E-state index contributed by atoms with van der Waals surface area (Å²) in [6, 6.07) is 15.2. The first-order chi connectivity index (χ1) is 13.0. The summed E-state index contributed by atoms with van der Waals surface area (Å²) in [7, 11) is 0. The Morgan fingerprint density at radius 2 is 1.81 bits per heavy atom. The first-order valence-electron chi connectivity index (χ1n) is 9.26. The van der Waals surface area contributed by atoms with Gasteiger partial charge < -0.3 is 14.8 Å². The van der Waals surface area contributed by atoms with E-state index in [2.05, 4.69) is 29.8 Å². The number of nitrogens with zero attached hydrogens (tertiary/aromatic N) is 2. The number of anilines is 1. The molecule has 1 N–H and O–H groups in total. The lowest BCUT2D eigenvalue weighted by molar-refractivity contribution is -0.120. The summed E-state index contributed by atoms with van der Waals surface area (Å²) in [6.07, 6.45) is 2.04. The average Bonchev–Trinajstić information content (AvgIpc) is 3.24. The molecule has 0 aliphatic carbocycles. The molecule has 1 aliphatic heterocycles. The molecular weight excluding hydrogens is 338 g/mol. The van der Waals surface area contributed by atoms with Crippen molar-refractivity contribution < 1.29 is 9.59 Å². The predicted molar refractivity (Wildman–Crippen MR) is 107 cm³/mol. The molecular formula is C22H23N3O2. The quantitative estimate of drug-likeness (QED) is 0.757. The molecule has 1 unspecified atom stereocenters. The minimum absolute atomic E-state index is 0.0857. The van der Waals surface area contributed by atoms with Gasteiger partial charge in [0.25, 0.3) is 5.91 Å². The normalized spacial score (nSPS) is 14.7. The number of fused-ring (bicyclic) bond motifs is 2. The zero-order chi connectivity index (χ0) is 19.1. The van der Waals surface area contributed by atoms with E-state index in [4.69, 9.17) is 0 Å². The summed E-state index contributed by atoms with van der Waals surface area (Å²) in [5.41, 5.74) is 3.51. The van der Waals surface area contributed by atoms with Crippen LogP contribution in [0, 0.1) is 0 Å². The van der Waals surface area contributed by atoms with E-state index in [1.54, 1.807) is 11.8 Å². The molecule has 5 heteroatoms. The van der Waals surface area contributed by atoms with Crippen molar-refractivity contribution in [2.75, 3.05) is 5.32 Å². The molecule has 27 heavy (non-hydrogen) atoms. The Kier molecular flexibility index (Phi) is 4.22. The van der Waals surface area contributed by atoms with Gasteiger partial charge in [-0.1, -0.05) is 24.3 Å². The number of amides is 2. The van der Waals surface area contributed by atoms with Crippen LogP contribution in [0.25, 0.3) is 10.9 Å². The molecule has 138 valence electrons. The maximum absolute atomic E-state index is 12.9. The number of hydrogen-bond acceptors (Lipinski definition) is 2. The third-order valence-electron chi connectivity index (χ3n) is 5.27. The topological polar surface area (TPSA) is 54.3 Å². The Hall–Kier alpha value is -3.08. The van der Waals surface area contributed by atoms with Gasteiger partial charge in [0, 0.05) is 29.7 Å². The maximum atomic E-state index is 12.9. The Bertz CT molecular complexity index is 1030. The van der Waals surface area contributed by atoms with Gasteiger partial charge in [-0.05, 0) is 50.6 Å². The Balaban J connectivity index is 1.57. The molecule has 1 aliphatic rings. The minimum Gasteiger partial charge on any atom is -0.345 e. The summed E-state index contributed by atoms with van der Waals surface area (Å²) < 4.78 is 2.18. The van der Waals surface area contributed by atoms with Gasteiger partial charge in [0.05, 0.1) is 11.2 Å². The maximum Gasteiger partial charge on any atom is 0.255 e. The van der Waals surface area contributed by atoms with Gasteiger partial charge in [-0.3, -0.25) is 9.59 Å². The Labute approximate surface area is 158 Å². The van der Waals surface area contributed by atoms with Crippen LogP contribution in [-0.2, 0) is 11.3 Å². The molecule has 0 fully saturated rings. The molecule has 1 atom stereocenters. The molecule has 1 aromatic heterocycles. The summed E-state index contributed by atoms with van der Waals surface area (Å²) in [6.45, 7) is 6.50. The van der Waals surface area contributed by atoms with Crippen molar-refractivity contribution in [1.82, 2.24) is 9.47 Å². The molecule has 0 radical (unpaired) electrons. The number of hydrogen-bond donors (Lipinski definition) is 1. The van der Waals surface area contributed by atoms with Crippen molar-refractivity contribution in [3.8, 4) is 0 Å². The second-order valence-corrected chi connectivity index (χ2v) is 7.31. The molecule has 2 amide bonds. The smallest absolute Gasteiger partial charge is 0.255 e. The zero-order valence-corrected chi connectivity index (χ0v) is 15.8. The van der Waals surface area contributed by atoms with Crippen molar-refractivity contribution in [3.05, 3.63) is 65.9 Å². The van der Waals surface area contributed by atoms with E-state index in [9.17, 15) is 9.59 Å². The van der Waals surface area contributed by atoms with Gasteiger partial charge in [-0.2, -0.15) is 0 Å². The highest BCUT2D eigenvalue weighted by Crippen LogP contribution is 2.28. The molecule has 0 saturated carbocycles. The highest BCUT2D eigenvalue weighted by Gasteiger charge is 2.33. The molecule has 4 rings (SSSR count). The first-order valence-corrected chi connectivity index (χ1v) is 9.26. The van der Waals surface area contributed by atoms with E-state index in [-0.39, 0.29) is 11.8 Å². The SMILES string of the molecule is CC(C(=O)Nc1cccc2c1ccn2C(C)C)N1Cc2ccccc2C1=O. The third kappa shape index (κ3) is 2.89. The fraction of sp³-hybridized carbons (Fsp3) is 0.273. The van der Waals surface area contributed by atoms with Crippen LogP contribution in [-0.4, -0.2) is 27.3 Å². The summed E-state index contributed by atoms with van der Waals surface area (Å²) in [5.74, 6) is -0.265. The fourth-order valence-electron chi connectivity index (χ4n) is 3.72. The number of benzene rings is 2. The van der Waals surface area contributed by atoms with Gasteiger partial charge in [0.1, 0.15) is 6.04 Å². The second-order valence-electron chi connectivity index (χ2n) is 7.31. The van der Waals surface area contributed by atoms with E-state index in [1.165, 1.54) is 0 Å². The van der Waals surface area contributed by atoms with Crippen molar-refractivity contribution in [2.45, 2.75) is 39.4 Å². The molecule has 3 aromatic rings. The van der Waals surface area contributed by atoms with Crippen molar-refractivity contribution in [1.29, 1.82) is 0 Å². The summed E-state index contributed by atoms with van der Waals surface area (Å²) in [4.78, 5) is 27.1. The first kappa shape index (κ1) is 17.3. The zero-order valence-electron chi connectivity index (χ0n) is 15.8. The van der Waals surface area contributed by atoms with Crippen LogP contribution in [0.3, 0.4) is 0 Å². The fourth-order valence-corrected chi connectivity index (χ4v) is 3.72. The Morgan fingerprint density at radius 3 is 2.56 bits per heavy atom. The van der Waals surface area contributed by atoms with E-state index in [0.29, 0.717) is 18.2 Å². The Morgan fingerprint density at radius 1 is 1.04 bits per heavy atom. The van der Waals surface area contributed by atoms with Crippen LogP contribution in [0.4, 0.5) is 5.69 Å². The lowest BCUT2D eigenvalue weighted by Crippen LogP contribution is -2.42. The predicted octanol–water partition coefficient (Wildman–Crippen LogP) is 4.21. The van der Waals surface area contributed by atoms with E-state index >= 15 is 0 Å². The third-order valence-corrected chi connectivity index (χ3v) is 5.27. The van der Waals surface area contributed by atoms with Gasteiger partial charge in [0.2, 0.25) is 5.91 Å². The van der Waals surface area contributed by atoms with E-state index < -0.39 is 6.04 Å². The largest absolute Gasteiger partial charge is 0.345 e. The van der Waals surface area contributed by atoms with Crippen LogP contribution < -0.4 is 5.32 Å². The molecule has 2 aromatic carbocycles. The highest BCUT2D eigenvalue weighted by atomic mass is 16.2. The lowest BCUT2D eigenvalue weighted by Gasteiger charge is -2.23. The van der Waals surface area contributed by atoms with Crippen LogP contribution >= 0.6 is 0 Å². The molecule has 0 spiro atoms. The van der Waals surface area contributed by atoms with Crippen molar-refractivity contribution in [3.63, 3.8) is 0 Å². The van der Waals surface area contributed by atoms with Gasteiger partial charge in [-0.25, -0.2) is 0 Å². The summed E-state index contributed by atoms with van der Waals surface area (Å²) in [5, 5.41) is 4.02. The lowest BCUT2D eigenvalue weighted by atomic mass is 10.1. The van der Waals surface area contributed by atoms with Crippen LogP contribution in [0.2, 0.25) is 0 Å². The van der Waals surface area contributed by atoms with Gasteiger partial charge in [-0.15, -0.1) is 0 Å². The number of nitrogens with one attached hydrogen (secondary N) is 1. The minimum atomic E-state index is -0.549. The number of carbonyl (C=O) groups is 2.